The lowest BCUT2D eigenvalue weighted by Crippen LogP contribution is -2.29. The minimum absolute atomic E-state index is 0.0780. The maximum Gasteiger partial charge on any atom is 0.338 e. The number of fused-ring (bicyclic) bond motifs is 1. The molecule has 1 heterocycles. The van der Waals surface area contributed by atoms with Crippen molar-refractivity contribution >= 4 is 29.3 Å². The number of benzene rings is 3. The van der Waals surface area contributed by atoms with E-state index in [4.69, 9.17) is 9.47 Å². The van der Waals surface area contributed by atoms with Gasteiger partial charge in [0.05, 0.1) is 29.5 Å². The molecule has 0 fully saturated rings. The van der Waals surface area contributed by atoms with Crippen LogP contribution in [0.3, 0.4) is 0 Å². The van der Waals surface area contributed by atoms with Gasteiger partial charge in [0.2, 0.25) is 5.78 Å². The maximum absolute atomic E-state index is 12.9. The first kappa shape index (κ1) is 21.0. The van der Waals surface area contributed by atoms with Gasteiger partial charge in [-0.2, -0.15) is 0 Å². The molecule has 7 nitrogen and oxygen atoms in total. The number of nitrogens with zero attached hydrogens (tertiary/aromatic N) is 1. The Morgan fingerprint density at radius 2 is 1.47 bits per heavy atom. The molecule has 0 unspecified atom stereocenters. The van der Waals surface area contributed by atoms with E-state index in [0.29, 0.717) is 17.0 Å². The van der Waals surface area contributed by atoms with Crippen molar-refractivity contribution in [1.82, 2.24) is 0 Å². The van der Waals surface area contributed by atoms with E-state index < -0.39 is 23.9 Å². The first-order chi connectivity index (χ1) is 15.4. The molecule has 0 saturated heterocycles. The van der Waals surface area contributed by atoms with Crippen molar-refractivity contribution < 1.29 is 28.7 Å². The molecule has 0 spiro atoms. The van der Waals surface area contributed by atoms with Crippen molar-refractivity contribution in [1.29, 1.82) is 0 Å². The summed E-state index contributed by atoms with van der Waals surface area (Å²) in [5.74, 6) is -1.53. The second kappa shape index (κ2) is 8.47. The predicted octanol–water partition coefficient (Wildman–Crippen LogP) is 3.92. The SMILES string of the molecule is COc1ccc(N2C(=O)c3ccc(C(=O)O[C@H](C)C(=O)c4ccccc4)cc3C2=O)cc1. The van der Waals surface area contributed by atoms with E-state index in [1.54, 1.807) is 54.6 Å². The molecule has 0 saturated carbocycles. The minimum Gasteiger partial charge on any atom is -0.497 e. The van der Waals surface area contributed by atoms with Crippen LogP contribution in [0.25, 0.3) is 0 Å². The summed E-state index contributed by atoms with van der Waals surface area (Å²) in [6, 6.07) is 19.1. The first-order valence-corrected chi connectivity index (χ1v) is 9.88. The number of ether oxygens (including phenoxy) is 2. The zero-order valence-corrected chi connectivity index (χ0v) is 17.4. The van der Waals surface area contributed by atoms with Crippen molar-refractivity contribution in [3.8, 4) is 5.75 Å². The van der Waals surface area contributed by atoms with Crippen LogP contribution in [0.4, 0.5) is 5.69 Å². The molecule has 1 aliphatic rings. The molecule has 2 amide bonds. The zero-order valence-electron chi connectivity index (χ0n) is 17.4. The van der Waals surface area contributed by atoms with Gasteiger partial charge >= 0.3 is 5.97 Å². The molecule has 160 valence electrons. The molecule has 0 radical (unpaired) electrons. The Hall–Kier alpha value is -4.26. The molecule has 4 rings (SSSR count). The van der Waals surface area contributed by atoms with Gasteiger partial charge in [-0.05, 0) is 49.4 Å². The summed E-state index contributed by atoms with van der Waals surface area (Å²) in [5, 5.41) is 0. The standard InChI is InChI=1S/C25H19NO6/c1-15(22(27)16-6-4-3-5-7-16)32-25(30)17-8-13-20-21(14-17)24(29)26(23(20)28)18-9-11-19(31-2)12-10-18/h3-15H,1-2H3/t15-/m1/s1. The fourth-order valence-corrected chi connectivity index (χ4v) is 3.45. The molecule has 3 aromatic rings. The summed E-state index contributed by atoms with van der Waals surface area (Å²) in [6.45, 7) is 1.49. The van der Waals surface area contributed by atoms with Crippen LogP contribution in [-0.4, -0.2) is 36.8 Å². The molecule has 0 bridgehead atoms. The highest BCUT2D eigenvalue weighted by molar-refractivity contribution is 6.34. The lowest BCUT2D eigenvalue weighted by atomic mass is 10.1. The van der Waals surface area contributed by atoms with Crippen molar-refractivity contribution in [2.75, 3.05) is 12.0 Å². The Morgan fingerprint density at radius 1 is 0.812 bits per heavy atom. The third kappa shape index (κ3) is 3.76. The van der Waals surface area contributed by atoms with Crippen LogP contribution in [0.5, 0.6) is 5.75 Å². The summed E-state index contributed by atoms with van der Waals surface area (Å²) in [4.78, 5) is 51.8. The molecule has 1 aliphatic heterocycles. The summed E-state index contributed by atoms with van der Waals surface area (Å²) < 4.78 is 10.4. The zero-order chi connectivity index (χ0) is 22.8. The predicted molar refractivity (Wildman–Crippen MR) is 116 cm³/mol. The minimum atomic E-state index is -1.01. The number of amides is 2. The smallest absolute Gasteiger partial charge is 0.338 e. The molecule has 1 atom stereocenters. The van der Waals surface area contributed by atoms with Gasteiger partial charge in [0.15, 0.2) is 6.10 Å². The number of carbonyl (C=O) groups is 4. The Bertz CT molecular complexity index is 1220. The fraction of sp³-hybridized carbons (Fsp3) is 0.120. The van der Waals surface area contributed by atoms with Crippen molar-refractivity contribution in [3.05, 3.63) is 95.1 Å². The second-order valence-corrected chi connectivity index (χ2v) is 7.18. The van der Waals surface area contributed by atoms with E-state index in [9.17, 15) is 19.2 Å². The van der Waals surface area contributed by atoms with Crippen LogP contribution in [0.15, 0.2) is 72.8 Å². The topological polar surface area (TPSA) is 90.0 Å². The average Bonchev–Trinajstić information content (AvgIpc) is 3.08. The summed E-state index contributed by atoms with van der Waals surface area (Å²) in [7, 11) is 1.52. The number of anilines is 1. The first-order valence-electron chi connectivity index (χ1n) is 9.88. The number of hydrogen-bond acceptors (Lipinski definition) is 6. The van der Waals surface area contributed by atoms with E-state index in [-0.39, 0.29) is 22.5 Å². The van der Waals surface area contributed by atoms with Gasteiger partial charge in [0.1, 0.15) is 5.75 Å². The number of rotatable bonds is 6. The van der Waals surface area contributed by atoms with Crippen molar-refractivity contribution in [2.24, 2.45) is 0 Å². The monoisotopic (exact) mass is 429 g/mol. The van der Waals surface area contributed by atoms with E-state index in [0.717, 1.165) is 4.90 Å². The number of imide groups is 1. The van der Waals surface area contributed by atoms with Crippen LogP contribution < -0.4 is 9.64 Å². The molecule has 0 aromatic heterocycles. The van der Waals surface area contributed by atoms with Gasteiger partial charge in [-0.1, -0.05) is 30.3 Å². The molecular formula is C25H19NO6. The molecule has 7 heteroatoms. The number of methoxy groups -OCH3 is 1. The molecule has 0 N–H and O–H groups in total. The van der Waals surface area contributed by atoms with Gasteiger partial charge in [0.25, 0.3) is 11.8 Å². The van der Waals surface area contributed by atoms with Gasteiger partial charge in [-0.3, -0.25) is 14.4 Å². The molecule has 0 aliphatic carbocycles. The summed E-state index contributed by atoms with van der Waals surface area (Å²) in [5.41, 5.74) is 1.19. The summed E-state index contributed by atoms with van der Waals surface area (Å²) >= 11 is 0. The second-order valence-electron chi connectivity index (χ2n) is 7.18. The highest BCUT2D eigenvalue weighted by Gasteiger charge is 2.37. The number of ketones is 1. The van der Waals surface area contributed by atoms with Crippen molar-refractivity contribution in [2.45, 2.75) is 13.0 Å². The van der Waals surface area contributed by atoms with Gasteiger partial charge in [0, 0.05) is 5.56 Å². The highest BCUT2D eigenvalue weighted by atomic mass is 16.5. The normalized spacial score (nSPS) is 13.5. The Kier molecular flexibility index (Phi) is 5.55. The van der Waals surface area contributed by atoms with Gasteiger partial charge in [-0.25, -0.2) is 9.69 Å². The lowest BCUT2D eigenvalue weighted by Gasteiger charge is -2.14. The molecule has 3 aromatic carbocycles. The average molecular weight is 429 g/mol. The highest BCUT2D eigenvalue weighted by Crippen LogP contribution is 2.30. The third-order valence-electron chi connectivity index (χ3n) is 5.16. The van der Waals surface area contributed by atoms with Crippen LogP contribution in [0, 0.1) is 0 Å². The van der Waals surface area contributed by atoms with Gasteiger partial charge in [-0.15, -0.1) is 0 Å². The Morgan fingerprint density at radius 3 is 2.12 bits per heavy atom. The van der Waals surface area contributed by atoms with Crippen LogP contribution in [0.1, 0.15) is 48.4 Å². The van der Waals surface area contributed by atoms with E-state index in [2.05, 4.69) is 0 Å². The van der Waals surface area contributed by atoms with Crippen LogP contribution >= 0.6 is 0 Å². The van der Waals surface area contributed by atoms with Gasteiger partial charge < -0.3 is 9.47 Å². The van der Waals surface area contributed by atoms with Crippen LogP contribution in [-0.2, 0) is 4.74 Å². The maximum atomic E-state index is 12.9. The molecular weight excluding hydrogens is 410 g/mol. The largest absolute Gasteiger partial charge is 0.497 e. The van der Waals surface area contributed by atoms with Crippen molar-refractivity contribution in [3.63, 3.8) is 0 Å². The van der Waals surface area contributed by atoms with E-state index in [1.807, 2.05) is 0 Å². The number of esters is 1. The third-order valence-corrected chi connectivity index (χ3v) is 5.16. The van der Waals surface area contributed by atoms with E-state index in [1.165, 1.54) is 32.2 Å². The molecule has 32 heavy (non-hydrogen) atoms. The fourth-order valence-electron chi connectivity index (χ4n) is 3.45. The lowest BCUT2D eigenvalue weighted by molar-refractivity contribution is 0.0318. The van der Waals surface area contributed by atoms with Crippen LogP contribution in [0.2, 0.25) is 0 Å². The quantitative estimate of drug-likeness (QED) is 0.335. The Labute approximate surface area is 184 Å². The number of hydrogen-bond donors (Lipinski definition) is 0. The number of Topliss-reactive ketones (excluding diaryl/α,β-unsaturated/α-hetero) is 1. The summed E-state index contributed by atoms with van der Waals surface area (Å²) in [6.07, 6.45) is -1.01. The number of carbonyl (C=O) groups excluding carboxylic acids is 4. The Balaban J connectivity index is 1.54. The van der Waals surface area contributed by atoms with E-state index >= 15 is 0 Å².